The Morgan fingerprint density at radius 2 is 2.11 bits per heavy atom. The Balaban J connectivity index is 2.16. The third-order valence-electron chi connectivity index (χ3n) is 2.85. The molecule has 100 valence electrons. The minimum atomic E-state index is -0.0795. The van der Waals surface area contributed by atoms with Crippen molar-refractivity contribution >= 4 is 17.4 Å². The van der Waals surface area contributed by atoms with Crippen LogP contribution in [0, 0.1) is 6.92 Å². The maximum atomic E-state index is 12.4. The van der Waals surface area contributed by atoms with Crippen LogP contribution >= 0.6 is 11.5 Å². The summed E-state index contributed by atoms with van der Waals surface area (Å²) in [5, 5.41) is 10.9. The predicted octanol–water partition coefficient (Wildman–Crippen LogP) is 2.09. The van der Waals surface area contributed by atoms with Gasteiger partial charge in [0.15, 0.2) is 0 Å². The molecule has 2 rings (SSSR count). The summed E-state index contributed by atoms with van der Waals surface area (Å²) in [7, 11) is 0. The fourth-order valence-electron chi connectivity index (χ4n) is 1.84. The van der Waals surface area contributed by atoms with Crippen molar-refractivity contribution < 1.29 is 9.90 Å². The van der Waals surface area contributed by atoms with Gasteiger partial charge in [0, 0.05) is 18.5 Å². The van der Waals surface area contributed by atoms with Crippen LogP contribution < -0.4 is 0 Å². The number of benzene rings is 1. The smallest absolute Gasteiger partial charge is 0.256 e. The average molecular weight is 276 g/mol. The molecule has 0 fully saturated rings. The van der Waals surface area contributed by atoms with Crippen LogP contribution in [0.1, 0.15) is 21.6 Å². The van der Waals surface area contributed by atoms with E-state index in [2.05, 4.69) is 4.37 Å². The Bertz CT molecular complexity index is 539. The first-order chi connectivity index (χ1) is 9.22. The van der Waals surface area contributed by atoms with Crippen molar-refractivity contribution in [2.45, 2.75) is 13.5 Å². The maximum Gasteiger partial charge on any atom is 0.256 e. The minimum Gasteiger partial charge on any atom is -0.395 e. The molecule has 0 aliphatic rings. The number of aryl methyl sites for hydroxylation is 1. The first kappa shape index (κ1) is 13.7. The molecule has 0 unspecified atom stereocenters. The molecule has 19 heavy (non-hydrogen) atoms. The molecule has 0 bridgehead atoms. The van der Waals surface area contributed by atoms with Crippen LogP contribution in [-0.4, -0.2) is 33.4 Å². The van der Waals surface area contributed by atoms with Crippen molar-refractivity contribution in [1.82, 2.24) is 9.27 Å². The van der Waals surface area contributed by atoms with E-state index < -0.39 is 0 Å². The third kappa shape index (κ3) is 3.39. The van der Waals surface area contributed by atoms with Gasteiger partial charge in [-0.3, -0.25) is 4.79 Å². The number of carbonyl (C=O) groups is 1. The van der Waals surface area contributed by atoms with Crippen molar-refractivity contribution in [3.05, 3.63) is 52.5 Å². The molecule has 0 radical (unpaired) electrons. The number of hydrogen-bond acceptors (Lipinski definition) is 4. The Morgan fingerprint density at radius 1 is 1.37 bits per heavy atom. The number of aliphatic hydroxyl groups is 1. The van der Waals surface area contributed by atoms with Gasteiger partial charge < -0.3 is 10.0 Å². The largest absolute Gasteiger partial charge is 0.395 e. The molecule has 0 aliphatic heterocycles. The maximum absolute atomic E-state index is 12.4. The van der Waals surface area contributed by atoms with Gasteiger partial charge in [0.05, 0.1) is 17.9 Å². The van der Waals surface area contributed by atoms with Gasteiger partial charge in [-0.1, -0.05) is 30.3 Å². The van der Waals surface area contributed by atoms with Crippen molar-refractivity contribution in [3.63, 3.8) is 0 Å². The molecule has 1 aromatic carbocycles. The number of aromatic nitrogens is 1. The average Bonchev–Trinajstić information content (AvgIpc) is 2.85. The SMILES string of the molecule is Cc1nscc1C(=O)N(CCO)Cc1ccccc1. The van der Waals surface area contributed by atoms with Gasteiger partial charge in [-0.2, -0.15) is 4.37 Å². The Kier molecular flexibility index (Phi) is 4.65. The van der Waals surface area contributed by atoms with Crippen molar-refractivity contribution in [3.8, 4) is 0 Å². The van der Waals surface area contributed by atoms with E-state index in [0.29, 0.717) is 18.7 Å². The van der Waals surface area contributed by atoms with Crippen LogP contribution in [-0.2, 0) is 6.54 Å². The molecule has 4 nitrogen and oxygen atoms in total. The van der Waals surface area contributed by atoms with Crippen LogP contribution in [0.25, 0.3) is 0 Å². The van der Waals surface area contributed by atoms with Gasteiger partial charge in [0.25, 0.3) is 5.91 Å². The van der Waals surface area contributed by atoms with E-state index in [1.165, 1.54) is 11.5 Å². The second kappa shape index (κ2) is 6.45. The highest BCUT2D eigenvalue weighted by Crippen LogP contribution is 2.14. The van der Waals surface area contributed by atoms with E-state index in [1.807, 2.05) is 37.3 Å². The first-order valence-corrected chi connectivity index (χ1v) is 6.91. The van der Waals surface area contributed by atoms with Crippen LogP contribution in [0.15, 0.2) is 35.7 Å². The predicted molar refractivity (Wildman–Crippen MR) is 75.1 cm³/mol. The molecule has 1 amide bonds. The van der Waals surface area contributed by atoms with E-state index >= 15 is 0 Å². The number of aliphatic hydroxyl groups excluding tert-OH is 1. The summed E-state index contributed by atoms with van der Waals surface area (Å²) >= 11 is 1.28. The zero-order valence-electron chi connectivity index (χ0n) is 10.7. The molecule has 0 spiro atoms. The van der Waals surface area contributed by atoms with Crippen LogP contribution in [0.2, 0.25) is 0 Å². The molecule has 0 atom stereocenters. The summed E-state index contributed by atoms with van der Waals surface area (Å²) < 4.78 is 4.12. The third-order valence-corrected chi connectivity index (χ3v) is 3.57. The van der Waals surface area contributed by atoms with Gasteiger partial charge in [-0.05, 0) is 24.0 Å². The fourth-order valence-corrected chi connectivity index (χ4v) is 2.53. The molecular weight excluding hydrogens is 260 g/mol. The van der Waals surface area contributed by atoms with Crippen LogP contribution in [0.4, 0.5) is 0 Å². The highest BCUT2D eigenvalue weighted by molar-refractivity contribution is 7.03. The molecule has 1 aromatic heterocycles. The topological polar surface area (TPSA) is 53.4 Å². The van der Waals surface area contributed by atoms with Crippen molar-refractivity contribution in [2.75, 3.05) is 13.2 Å². The number of hydrogen-bond donors (Lipinski definition) is 1. The zero-order valence-corrected chi connectivity index (χ0v) is 11.6. The van der Waals surface area contributed by atoms with E-state index in [-0.39, 0.29) is 12.5 Å². The lowest BCUT2D eigenvalue weighted by atomic mass is 10.2. The summed E-state index contributed by atoms with van der Waals surface area (Å²) in [6.07, 6.45) is 0. The number of rotatable bonds is 5. The monoisotopic (exact) mass is 276 g/mol. The van der Waals surface area contributed by atoms with E-state index in [4.69, 9.17) is 5.11 Å². The summed E-state index contributed by atoms with van der Waals surface area (Å²) in [5.41, 5.74) is 2.41. The van der Waals surface area contributed by atoms with Crippen LogP contribution in [0.5, 0.6) is 0 Å². The van der Waals surface area contributed by atoms with Gasteiger partial charge in [-0.25, -0.2) is 0 Å². The lowest BCUT2D eigenvalue weighted by Crippen LogP contribution is -2.33. The van der Waals surface area contributed by atoms with Gasteiger partial charge in [0.1, 0.15) is 0 Å². The Hall–Kier alpha value is -1.72. The van der Waals surface area contributed by atoms with Gasteiger partial charge >= 0.3 is 0 Å². The molecule has 1 heterocycles. The lowest BCUT2D eigenvalue weighted by Gasteiger charge is -2.21. The highest BCUT2D eigenvalue weighted by Gasteiger charge is 2.18. The Labute approximate surface area is 116 Å². The number of nitrogens with zero attached hydrogens (tertiary/aromatic N) is 2. The first-order valence-electron chi connectivity index (χ1n) is 6.07. The summed E-state index contributed by atoms with van der Waals surface area (Å²) in [5.74, 6) is -0.0795. The number of amides is 1. The van der Waals surface area contributed by atoms with Crippen molar-refractivity contribution in [2.24, 2.45) is 0 Å². The molecule has 2 aromatic rings. The van der Waals surface area contributed by atoms with E-state index in [1.54, 1.807) is 10.3 Å². The standard InChI is InChI=1S/C14H16N2O2S/c1-11-13(10-19-15-11)14(18)16(7-8-17)9-12-5-3-2-4-6-12/h2-6,10,17H,7-9H2,1H3. The highest BCUT2D eigenvalue weighted by atomic mass is 32.1. The molecule has 5 heteroatoms. The minimum absolute atomic E-state index is 0.0464. The van der Waals surface area contributed by atoms with E-state index in [9.17, 15) is 4.79 Å². The summed E-state index contributed by atoms with van der Waals surface area (Å²) in [6.45, 7) is 2.59. The Morgan fingerprint density at radius 3 is 2.68 bits per heavy atom. The van der Waals surface area contributed by atoms with Crippen molar-refractivity contribution in [1.29, 1.82) is 0 Å². The quantitative estimate of drug-likeness (QED) is 0.909. The molecule has 1 N–H and O–H groups in total. The molecule has 0 saturated heterocycles. The second-order valence-electron chi connectivity index (χ2n) is 4.25. The lowest BCUT2D eigenvalue weighted by molar-refractivity contribution is 0.0707. The van der Waals surface area contributed by atoms with Crippen LogP contribution in [0.3, 0.4) is 0 Å². The van der Waals surface area contributed by atoms with E-state index in [0.717, 1.165) is 11.3 Å². The molecule has 0 aliphatic carbocycles. The van der Waals surface area contributed by atoms with Gasteiger partial charge in [-0.15, -0.1) is 0 Å². The summed E-state index contributed by atoms with van der Waals surface area (Å²) in [6, 6.07) is 9.75. The molecular formula is C14H16N2O2S. The zero-order chi connectivity index (χ0) is 13.7. The number of carbonyl (C=O) groups excluding carboxylic acids is 1. The fraction of sp³-hybridized carbons (Fsp3) is 0.286. The molecule has 0 saturated carbocycles. The second-order valence-corrected chi connectivity index (χ2v) is 4.88. The summed E-state index contributed by atoms with van der Waals surface area (Å²) in [4.78, 5) is 14.0. The van der Waals surface area contributed by atoms with Gasteiger partial charge in [0.2, 0.25) is 0 Å². The normalized spacial score (nSPS) is 10.4.